The van der Waals surface area contributed by atoms with E-state index in [1.807, 2.05) is 18.2 Å². The molecule has 148 valence electrons. The fourth-order valence-corrected chi connectivity index (χ4v) is 4.46. The smallest absolute Gasteiger partial charge is 0.230 e. The number of nitrogens with zero attached hydrogens (tertiary/aromatic N) is 1. The van der Waals surface area contributed by atoms with E-state index in [9.17, 15) is 4.79 Å². The van der Waals surface area contributed by atoms with Crippen molar-refractivity contribution in [1.82, 2.24) is 10.2 Å². The maximum atomic E-state index is 13.2. The lowest BCUT2D eigenvalue weighted by Crippen LogP contribution is -2.44. The number of fused-ring (bicyclic) bond motifs is 1. The molecular weight excluding hydrogens is 344 g/mol. The molecule has 6 nitrogen and oxygen atoms in total. The van der Waals surface area contributed by atoms with Crippen LogP contribution in [0.1, 0.15) is 37.7 Å². The first-order chi connectivity index (χ1) is 13.3. The summed E-state index contributed by atoms with van der Waals surface area (Å²) in [5.41, 5.74) is 0.643. The lowest BCUT2D eigenvalue weighted by atomic mass is 9.77. The predicted molar refractivity (Wildman–Crippen MR) is 102 cm³/mol. The Kier molecular flexibility index (Phi) is 5.83. The third kappa shape index (κ3) is 4.06. The second-order valence-corrected chi connectivity index (χ2v) is 7.71. The first-order valence-corrected chi connectivity index (χ1v) is 10.3. The van der Waals surface area contributed by atoms with E-state index < -0.39 is 5.41 Å². The van der Waals surface area contributed by atoms with Crippen LogP contribution in [0.15, 0.2) is 18.2 Å². The third-order valence-electron chi connectivity index (χ3n) is 6.03. The number of carbonyl (C=O) groups is 1. The molecule has 1 saturated carbocycles. The van der Waals surface area contributed by atoms with Gasteiger partial charge in [0.1, 0.15) is 13.2 Å². The molecule has 0 aromatic heterocycles. The van der Waals surface area contributed by atoms with Gasteiger partial charge in [0.15, 0.2) is 11.5 Å². The maximum absolute atomic E-state index is 13.2. The van der Waals surface area contributed by atoms with Crippen molar-refractivity contribution < 1.29 is 19.0 Å². The van der Waals surface area contributed by atoms with Crippen LogP contribution in [-0.2, 0) is 14.9 Å². The number of benzene rings is 1. The molecule has 0 atom stereocenters. The van der Waals surface area contributed by atoms with Gasteiger partial charge in [-0.15, -0.1) is 0 Å². The second kappa shape index (κ2) is 8.48. The Labute approximate surface area is 161 Å². The number of ether oxygens (including phenoxy) is 3. The summed E-state index contributed by atoms with van der Waals surface area (Å²) in [7, 11) is 0. The van der Waals surface area contributed by atoms with Gasteiger partial charge >= 0.3 is 0 Å². The first-order valence-electron chi connectivity index (χ1n) is 10.3. The molecule has 0 bridgehead atoms. The molecule has 1 aromatic rings. The van der Waals surface area contributed by atoms with Crippen molar-refractivity contribution in [3.8, 4) is 11.5 Å². The fraction of sp³-hybridized carbons (Fsp3) is 0.667. The molecule has 0 radical (unpaired) electrons. The van der Waals surface area contributed by atoms with E-state index in [0.29, 0.717) is 13.2 Å². The number of amides is 1. The number of morpholine rings is 1. The lowest BCUT2D eigenvalue weighted by molar-refractivity contribution is -0.126. The van der Waals surface area contributed by atoms with E-state index in [2.05, 4.69) is 10.2 Å². The highest BCUT2D eigenvalue weighted by molar-refractivity contribution is 5.88. The first kappa shape index (κ1) is 18.6. The molecule has 1 amide bonds. The van der Waals surface area contributed by atoms with Crippen LogP contribution in [0.3, 0.4) is 0 Å². The molecule has 6 heteroatoms. The molecule has 2 fully saturated rings. The van der Waals surface area contributed by atoms with E-state index in [4.69, 9.17) is 14.2 Å². The quantitative estimate of drug-likeness (QED) is 0.773. The van der Waals surface area contributed by atoms with E-state index in [-0.39, 0.29) is 5.91 Å². The molecule has 1 N–H and O–H groups in total. The Morgan fingerprint density at radius 2 is 1.78 bits per heavy atom. The summed E-state index contributed by atoms with van der Waals surface area (Å²) in [5, 5.41) is 3.21. The largest absolute Gasteiger partial charge is 0.486 e. The average molecular weight is 374 g/mol. The average Bonchev–Trinajstić information content (AvgIpc) is 3.23. The van der Waals surface area contributed by atoms with Crippen molar-refractivity contribution in [2.45, 2.75) is 37.5 Å². The minimum Gasteiger partial charge on any atom is -0.486 e. The zero-order valence-electron chi connectivity index (χ0n) is 16.0. The van der Waals surface area contributed by atoms with Gasteiger partial charge in [0.05, 0.1) is 18.6 Å². The van der Waals surface area contributed by atoms with Crippen molar-refractivity contribution in [2.75, 3.05) is 52.6 Å². The molecule has 3 aliphatic rings. The van der Waals surface area contributed by atoms with Crippen molar-refractivity contribution in [3.05, 3.63) is 23.8 Å². The van der Waals surface area contributed by atoms with Crippen LogP contribution < -0.4 is 14.8 Å². The van der Waals surface area contributed by atoms with Crippen LogP contribution in [0.25, 0.3) is 0 Å². The Morgan fingerprint density at radius 1 is 1.04 bits per heavy atom. The molecule has 27 heavy (non-hydrogen) atoms. The van der Waals surface area contributed by atoms with Crippen LogP contribution in [0, 0.1) is 0 Å². The molecule has 1 aliphatic carbocycles. The molecule has 2 aliphatic heterocycles. The highest BCUT2D eigenvalue weighted by Gasteiger charge is 2.43. The van der Waals surface area contributed by atoms with Crippen LogP contribution >= 0.6 is 0 Å². The van der Waals surface area contributed by atoms with Crippen molar-refractivity contribution >= 4 is 5.91 Å². The van der Waals surface area contributed by atoms with E-state index in [1.165, 1.54) is 0 Å². The normalized spacial score (nSPS) is 21.8. The summed E-state index contributed by atoms with van der Waals surface area (Å²) in [6.45, 7) is 6.52. The molecule has 0 unspecified atom stereocenters. The Hall–Kier alpha value is -1.79. The summed E-state index contributed by atoms with van der Waals surface area (Å²) in [4.78, 5) is 15.6. The molecule has 1 aromatic carbocycles. The van der Waals surface area contributed by atoms with Gasteiger partial charge in [-0.2, -0.15) is 0 Å². The Morgan fingerprint density at radius 3 is 2.56 bits per heavy atom. The molecule has 1 saturated heterocycles. The van der Waals surface area contributed by atoms with Crippen molar-refractivity contribution in [1.29, 1.82) is 0 Å². The minimum absolute atomic E-state index is 0.165. The predicted octanol–water partition coefficient (Wildman–Crippen LogP) is 2.11. The summed E-state index contributed by atoms with van der Waals surface area (Å²) >= 11 is 0. The van der Waals surface area contributed by atoms with Crippen molar-refractivity contribution in [2.24, 2.45) is 0 Å². The highest BCUT2D eigenvalue weighted by Crippen LogP contribution is 2.44. The van der Waals surface area contributed by atoms with Gasteiger partial charge in [0, 0.05) is 19.6 Å². The Bertz CT molecular complexity index is 652. The number of rotatable bonds is 6. The van der Waals surface area contributed by atoms with E-state index in [1.54, 1.807) is 0 Å². The van der Waals surface area contributed by atoms with Crippen LogP contribution in [0.2, 0.25) is 0 Å². The van der Waals surface area contributed by atoms with Gasteiger partial charge in [-0.05, 0) is 43.5 Å². The van der Waals surface area contributed by atoms with Crippen molar-refractivity contribution in [3.63, 3.8) is 0 Å². The summed E-state index contributed by atoms with van der Waals surface area (Å²) in [6, 6.07) is 6.02. The van der Waals surface area contributed by atoms with Gasteiger partial charge in [-0.25, -0.2) is 0 Å². The lowest BCUT2D eigenvalue weighted by Gasteiger charge is -2.30. The van der Waals surface area contributed by atoms with Crippen LogP contribution in [0.5, 0.6) is 11.5 Å². The SMILES string of the molecule is O=C(NCCCN1CCOCC1)C1(c2ccc3c(c2)OCCO3)CCCC1. The van der Waals surface area contributed by atoms with Gasteiger partial charge < -0.3 is 19.5 Å². The monoisotopic (exact) mass is 374 g/mol. The van der Waals surface area contributed by atoms with E-state index in [0.717, 1.165) is 88.6 Å². The number of nitrogens with one attached hydrogen (secondary N) is 1. The zero-order valence-corrected chi connectivity index (χ0v) is 16.0. The summed E-state index contributed by atoms with van der Waals surface area (Å²) < 4.78 is 16.8. The summed E-state index contributed by atoms with van der Waals surface area (Å²) in [5.74, 6) is 1.72. The molecule has 2 heterocycles. The molecular formula is C21H30N2O4. The zero-order chi connectivity index (χ0) is 18.5. The van der Waals surface area contributed by atoms with Gasteiger partial charge in [-0.1, -0.05) is 18.9 Å². The third-order valence-corrected chi connectivity index (χ3v) is 6.03. The Balaban J connectivity index is 1.38. The maximum Gasteiger partial charge on any atom is 0.230 e. The van der Waals surface area contributed by atoms with Gasteiger partial charge in [0.25, 0.3) is 0 Å². The van der Waals surface area contributed by atoms with E-state index >= 15 is 0 Å². The standard InChI is InChI=1S/C21H30N2O4/c24-20(22-8-3-9-23-10-12-25-13-11-23)21(6-1-2-7-21)17-4-5-18-19(16-17)27-15-14-26-18/h4-5,16H,1-3,6-15H2,(H,22,24). The fourth-order valence-electron chi connectivity index (χ4n) is 4.46. The number of hydrogen-bond acceptors (Lipinski definition) is 5. The highest BCUT2D eigenvalue weighted by atomic mass is 16.6. The topological polar surface area (TPSA) is 60.0 Å². The van der Waals surface area contributed by atoms with Crippen LogP contribution in [0.4, 0.5) is 0 Å². The molecule has 4 rings (SSSR count). The number of carbonyl (C=O) groups excluding carboxylic acids is 1. The second-order valence-electron chi connectivity index (χ2n) is 7.71. The number of hydrogen-bond donors (Lipinski definition) is 1. The molecule has 0 spiro atoms. The van der Waals surface area contributed by atoms with Gasteiger partial charge in [-0.3, -0.25) is 9.69 Å². The minimum atomic E-state index is -0.422. The van der Waals surface area contributed by atoms with Gasteiger partial charge in [0.2, 0.25) is 5.91 Å². The summed E-state index contributed by atoms with van der Waals surface area (Å²) in [6.07, 6.45) is 4.97. The van der Waals surface area contributed by atoms with Crippen LogP contribution in [-0.4, -0.2) is 63.4 Å².